The molecule has 13 heteroatoms. The Morgan fingerprint density at radius 1 is 1.09 bits per heavy atom. The second-order valence-electron chi connectivity index (χ2n) is 10.9. The summed E-state index contributed by atoms with van der Waals surface area (Å²) >= 11 is 0. The molecule has 0 aliphatic heterocycles. The van der Waals surface area contributed by atoms with E-state index < -0.39 is 18.0 Å². The molecular formula is C31H45N9O4. The fourth-order valence-corrected chi connectivity index (χ4v) is 4.83. The van der Waals surface area contributed by atoms with Crippen molar-refractivity contribution in [3.63, 3.8) is 0 Å². The minimum absolute atomic E-state index is 0.0275. The quantitative estimate of drug-likeness (QED) is 0.0739. The molecule has 10 N–H and O–H groups in total. The van der Waals surface area contributed by atoms with E-state index >= 15 is 0 Å². The van der Waals surface area contributed by atoms with Crippen molar-refractivity contribution in [1.82, 2.24) is 20.4 Å². The molecular weight excluding hydrogens is 562 g/mol. The maximum atomic E-state index is 13.9. The van der Waals surface area contributed by atoms with Crippen LogP contribution in [0.15, 0.2) is 52.0 Å². The minimum atomic E-state index is -0.835. The predicted molar refractivity (Wildman–Crippen MR) is 168 cm³/mol. The van der Waals surface area contributed by atoms with Gasteiger partial charge in [-0.3, -0.25) is 14.6 Å². The van der Waals surface area contributed by atoms with Gasteiger partial charge in [0.2, 0.25) is 17.7 Å². The second kappa shape index (κ2) is 17.0. The van der Waals surface area contributed by atoms with Crippen LogP contribution in [0.4, 0.5) is 0 Å². The van der Waals surface area contributed by atoms with E-state index in [0.29, 0.717) is 56.9 Å². The van der Waals surface area contributed by atoms with Crippen molar-refractivity contribution in [2.45, 2.75) is 71.0 Å². The van der Waals surface area contributed by atoms with Crippen LogP contribution in [0.1, 0.15) is 72.1 Å². The third-order valence-electron chi connectivity index (χ3n) is 7.42. The van der Waals surface area contributed by atoms with E-state index in [1.165, 1.54) is 0 Å². The lowest BCUT2D eigenvalue weighted by Gasteiger charge is -2.31. The molecule has 0 fully saturated rings. The van der Waals surface area contributed by atoms with Gasteiger partial charge in [0.25, 0.3) is 0 Å². The van der Waals surface area contributed by atoms with Gasteiger partial charge in [0, 0.05) is 19.5 Å². The highest BCUT2D eigenvalue weighted by Gasteiger charge is 2.31. The number of guanidine groups is 1. The topological polar surface area (TPSA) is 225 Å². The Balaban J connectivity index is 1.86. The van der Waals surface area contributed by atoms with E-state index in [9.17, 15) is 14.7 Å². The summed E-state index contributed by atoms with van der Waals surface area (Å²) in [5.74, 6) is 0.0193. The number of aryl methyl sites for hydroxylation is 1. The zero-order valence-corrected chi connectivity index (χ0v) is 25.5. The number of rotatable bonds is 17. The summed E-state index contributed by atoms with van der Waals surface area (Å²) in [7, 11) is 0. The van der Waals surface area contributed by atoms with Gasteiger partial charge in [0.15, 0.2) is 11.8 Å². The number of carbonyl (C=O) groups excluding carboxylic acids is 2. The van der Waals surface area contributed by atoms with Gasteiger partial charge in [-0.25, -0.2) is 0 Å². The molecule has 3 rings (SSSR count). The van der Waals surface area contributed by atoms with Crippen LogP contribution in [0.2, 0.25) is 0 Å². The van der Waals surface area contributed by atoms with Crippen molar-refractivity contribution < 1.29 is 19.2 Å². The number of hydrogen-bond acceptors (Lipinski definition) is 9. The predicted octanol–water partition coefficient (Wildman–Crippen LogP) is 1.68. The number of phenols is 1. The van der Waals surface area contributed by atoms with Gasteiger partial charge in [0.1, 0.15) is 11.8 Å². The van der Waals surface area contributed by atoms with E-state index in [2.05, 4.69) is 20.4 Å². The summed E-state index contributed by atoms with van der Waals surface area (Å²) in [6.45, 7) is 4.52. The first kappa shape index (κ1) is 34.0. The summed E-state index contributed by atoms with van der Waals surface area (Å²) < 4.78 is 5.74. The Hall–Kier alpha value is -4.49. The third kappa shape index (κ3) is 10.3. The number of amides is 2. The molecule has 13 nitrogen and oxygen atoms in total. The zero-order chi connectivity index (χ0) is 32.1. The number of aromatic nitrogens is 2. The SMILES string of the molecule is Cc1cc(O)cc(CN(C(=O)CNC(=O)C(N)CCCN=C(N)N)[C@@H](CCCCN)c2nc(Cc3ccccc3)no2)c1C. The monoisotopic (exact) mass is 607 g/mol. The molecule has 0 aliphatic carbocycles. The number of phenolic OH excluding ortho intramolecular Hbond substituents is 1. The highest BCUT2D eigenvalue weighted by molar-refractivity contribution is 5.87. The zero-order valence-electron chi connectivity index (χ0n) is 25.5. The number of benzene rings is 2. The highest BCUT2D eigenvalue weighted by Crippen LogP contribution is 2.30. The number of aromatic hydroxyl groups is 1. The first-order valence-electron chi connectivity index (χ1n) is 14.8. The van der Waals surface area contributed by atoms with Crippen LogP contribution in [0.3, 0.4) is 0 Å². The molecule has 1 aromatic heterocycles. The fraction of sp³-hybridized carbons (Fsp3) is 0.452. The van der Waals surface area contributed by atoms with Crippen molar-refractivity contribution in [2.24, 2.45) is 27.9 Å². The van der Waals surface area contributed by atoms with Crippen LogP contribution in [0, 0.1) is 13.8 Å². The van der Waals surface area contributed by atoms with Crippen LogP contribution in [0.5, 0.6) is 5.75 Å². The van der Waals surface area contributed by atoms with Crippen molar-refractivity contribution >= 4 is 17.8 Å². The van der Waals surface area contributed by atoms with Crippen LogP contribution >= 0.6 is 0 Å². The van der Waals surface area contributed by atoms with Crippen molar-refractivity contribution in [1.29, 1.82) is 0 Å². The summed E-state index contributed by atoms with van der Waals surface area (Å²) in [5, 5.41) is 17.2. The van der Waals surface area contributed by atoms with E-state index in [4.69, 9.17) is 27.5 Å². The van der Waals surface area contributed by atoms with E-state index in [-0.39, 0.29) is 30.7 Å². The van der Waals surface area contributed by atoms with Gasteiger partial charge >= 0.3 is 0 Å². The lowest BCUT2D eigenvalue weighted by molar-refractivity contribution is -0.136. The fourth-order valence-electron chi connectivity index (χ4n) is 4.83. The Morgan fingerprint density at radius 2 is 1.84 bits per heavy atom. The molecule has 2 aromatic carbocycles. The van der Waals surface area contributed by atoms with Gasteiger partial charge in [-0.05, 0) is 86.9 Å². The Kier molecular flexibility index (Phi) is 13.1. The number of nitrogens with two attached hydrogens (primary N) is 4. The van der Waals surface area contributed by atoms with Crippen molar-refractivity contribution in [2.75, 3.05) is 19.6 Å². The molecule has 0 saturated carbocycles. The van der Waals surface area contributed by atoms with Crippen LogP contribution in [-0.4, -0.2) is 63.6 Å². The molecule has 44 heavy (non-hydrogen) atoms. The number of aliphatic imine (C=N–C) groups is 1. The van der Waals surface area contributed by atoms with Gasteiger partial charge in [-0.2, -0.15) is 4.98 Å². The summed E-state index contributed by atoms with van der Waals surface area (Å²) in [6, 6.07) is 11.7. The lowest BCUT2D eigenvalue weighted by Crippen LogP contribution is -2.46. The molecule has 2 amide bonds. The molecule has 3 aromatic rings. The number of nitrogens with one attached hydrogen (secondary N) is 1. The maximum Gasteiger partial charge on any atom is 0.249 e. The molecule has 0 bridgehead atoms. The van der Waals surface area contributed by atoms with E-state index in [0.717, 1.165) is 28.7 Å². The number of hydrogen-bond donors (Lipinski definition) is 6. The molecule has 0 aliphatic rings. The molecule has 1 unspecified atom stereocenters. The summed E-state index contributed by atoms with van der Waals surface area (Å²) in [5.41, 5.74) is 26.1. The van der Waals surface area contributed by atoms with Gasteiger partial charge in [0.05, 0.1) is 12.6 Å². The third-order valence-corrected chi connectivity index (χ3v) is 7.42. The second-order valence-corrected chi connectivity index (χ2v) is 10.9. The molecule has 238 valence electrons. The summed E-state index contributed by atoms with van der Waals surface area (Å²) in [4.78, 5) is 36.8. The van der Waals surface area contributed by atoms with Crippen LogP contribution in [-0.2, 0) is 22.6 Å². The van der Waals surface area contributed by atoms with Gasteiger partial charge in [-0.15, -0.1) is 0 Å². The van der Waals surface area contributed by atoms with Crippen molar-refractivity contribution in [3.05, 3.63) is 76.4 Å². The molecule has 1 heterocycles. The first-order valence-corrected chi connectivity index (χ1v) is 14.8. The van der Waals surface area contributed by atoms with Gasteiger partial charge < -0.3 is 42.8 Å². The maximum absolute atomic E-state index is 13.9. The standard InChI is InChI=1S/C31H45N9O4/c1-20-15-24(41)17-23(21(20)2)19-40(28(42)18-37-29(43)25(33)11-8-14-36-31(34)35)26(12-6-7-13-32)30-38-27(39-44-30)16-22-9-4-3-5-10-22/h3-5,9-10,15,17,25-26,41H,6-8,11-14,16,18-19,32-33H2,1-2H3,(H,37,43)(H4,34,35,36)/t25?,26-/m0/s1. The summed E-state index contributed by atoms with van der Waals surface area (Å²) in [6.07, 6.45) is 3.26. The highest BCUT2D eigenvalue weighted by atomic mass is 16.5. The Morgan fingerprint density at radius 3 is 2.55 bits per heavy atom. The normalized spacial score (nSPS) is 12.4. The van der Waals surface area contributed by atoms with Crippen LogP contribution in [0.25, 0.3) is 0 Å². The number of nitrogens with zero attached hydrogens (tertiary/aromatic N) is 4. The molecule has 0 spiro atoms. The van der Waals surface area contributed by atoms with Crippen LogP contribution < -0.4 is 28.3 Å². The van der Waals surface area contributed by atoms with Gasteiger partial charge in [-0.1, -0.05) is 35.5 Å². The van der Waals surface area contributed by atoms with Crippen molar-refractivity contribution in [3.8, 4) is 5.75 Å². The Labute approximate surface area is 258 Å². The number of unbranched alkanes of at least 4 members (excludes halogenated alkanes) is 1. The largest absolute Gasteiger partial charge is 0.508 e. The Bertz CT molecular complexity index is 1390. The average Bonchev–Trinajstić information content (AvgIpc) is 3.45. The first-order chi connectivity index (χ1) is 21.1. The minimum Gasteiger partial charge on any atom is -0.508 e. The molecule has 0 saturated heterocycles. The lowest BCUT2D eigenvalue weighted by atomic mass is 10.0. The molecule has 2 atom stereocenters. The average molecular weight is 608 g/mol. The van der Waals surface area contributed by atoms with E-state index in [1.54, 1.807) is 17.0 Å². The molecule has 0 radical (unpaired) electrons. The smallest absolute Gasteiger partial charge is 0.249 e. The van der Waals surface area contributed by atoms with E-state index in [1.807, 2.05) is 44.2 Å². The number of carbonyl (C=O) groups is 2.